The van der Waals surface area contributed by atoms with Crippen LogP contribution in [-0.4, -0.2) is 12.6 Å². The molecule has 292 valence electrons. The summed E-state index contributed by atoms with van der Waals surface area (Å²) in [5, 5.41) is 0. The van der Waals surface area contributed by atoms with E-state index in [1.54, 1.807) is 0 Å². The maximum atomic E-state index is 12.0. The summed E-state index contributed by atoms with van der Waals surface area (Å²) in [5.74, 6) is 0.0251. The molecule has 0 aromatic heterocycles. The van der Waals surface area contributed by atoms with Crippen molar-refractivity contribution in [3.8, 4) is 0 Å². The predicted octanol–water partition coefficient (Wildman–Crippen LogP) is 17.1. The second-order valence-corrected chi connectivity index (χ2v) is 15.7. The van der Waals surface area contributed by atoms with Crippen LogP contribution in [-0.2, 0) is 9.53 Å². The standard InChI is InChI=1S/C47H92O2/c1-3-5-7-9-11-13-15-17-19-21-22-23-24-25-26-27-28-30-32-34-36-38-40-42-44-46-49-47(48)45-43-41-39-37-35-33-31-29-20-18-16-14-12-10-8-6-4-2/h18,20H,3-17,19,21-46H2,1-2H3. The van der Waals surface area contributed by atoms with Crippen LogP contribution in [0.4, 0.5) is 0 Å². The number of allylic oxidation sites excluding steroid dienone is 2. The summed E-state index contributed by atoms with van der Waals surface area (Å²) in [6.07, 6.45) is 60.4. The van der Waals surface area contributed by atoms with Gasteiger partial charge in [-0.3, -0.25) is 4.79 Å². The third kappa shape index (κ3) is 45.2. The van der Waals surface area contributed by atoms with E-state index in [9.17, 15) is 4.79 Å². The predicted molar refractivity (Wildman–Crippen MR) is 221 cm³/mol. The number of carbonyl (C=O) groups is 1. The molecule has 0 unspecified atom stereocenters. The molecule has 0 bridgehead atoms. The molecule has 0 spiro atoms. The van der Waals surface area contributed by atoms with Gasteiger partial charge in [-0.15, -0.1) is 0 Å². The van der Waals surface area contributed by atoms with Crippen LogP contribution in [0.2, 0.25) is 0 Å². The van der Waals surface area contributed by atoms with Gasteiger partial charge in [-0.05, 0) is 38.5 Å². The maximum absolute atomic E-state index is 12.0. The van der Waals surface area contributed by atoms with E-state index in [1.807, 2.05) is 0 Å². The lowest BCUT2D eigenvalue weighted by molar-refractivity contribution is -0.143. The average molecular weight is 689 g/mol. The van der Waals surface area contributed by atoms with E-state index in [0.717, 1.165) is 12.8 Å². The lowest BCUT2D eigenvalue weighted by Crippen LogP contribution is -2.05. The van der Waals surface area contributed by atoms with Crippen LogP contribution < -0.4 is 0 Å². The van der Waals surface area contributed by atoms with Gasteiger partial charge >= 0.3 is 5.97 Å². The largest absolute Gasteiger partial charge is 0.466 e. The third-order valence-corrected chi connectivity index (χ3v) is 10.7. The monoisotopic (exact) mass is 689 g/mol. The van der Waals surface area contributed by atoms with Crippen LogP contribution in [0.1, 0.15) is 277 Å². The highest BCUT2D eigenvalue weighted by atomic mass is 16.5. The van der Waals surface area contributed by atoms with E-state index < -0.39 is 0 Å². The molecule has 0 heterocycles. The molecular weight excluding hydrogens is 597 g/mol. The van der Waals surface area contributed by atoms with Gasteiger partial charge in [0.15, 0.2) is 0 Å². The fraction of sp³-hybridized carbons (Fsp3) is 0.936. The molecule has 0 atom stereocenters. The number of esters is 1. The molecule has 2 heteroatoms. The summed E-state index contributed by atoms with van der Waals surface area (Å²) in [6, 6.07) is 0. The van der Waals surface area contributed by atoms with E-state index >= 15 is 0 Å². The average Bonchev–Trinajstić information content (AvgIpc) is 3.11. The molecule has 0 N–H and O–H groups in total. The molecule has 0 radical (unpaired) electrons. The van der Waals surface area contributed by atoms with Crippen molar-refractivity contribution in [2.75, 3.05) is 6.61 Å². The molecule has 0 saturated carbocycles. The first-order chi connectivity index (χ1) is 24.3. The lowest BCUT2D eigenvalue weighted by atomic mass is 10.0. The summed E-state index contributed by atoms with van der Waals surface area (Å²) >= 11 is 0. The van der Waals surface area contributed by atoms with Gasteiger partial charge in [-0.2, -0.15) is 0 Å². The fourth-order valence-corrected chi connectivity index (χ4v) is 7.19. The number of hydrogen-bond donors (Lipinski definition) is 0. The van der Waals surface area contributed by atoms with Crippen molar-refractivity contribution < 1.29 is 9.53 Å². The van der Waals surface area contributed by atoms with Gasteiger partial charge in [0.25, 0.3) is 0 Å². The highest BCUT2D eigenvalue weighted by Crippen LogP contribution is 2.16. The zero-order valence-corrected chi connectivity index (χ0v) is 34.2. The van der Waals surface area contributed by atoms with Gasteiger partial charge in [0, 0.05) is 6.42 Å². The van der Waals surface area contributed by atoms with Crippen LogP contribution in [0.3, 0.4) is 0 Å². The van der Waals surface area contributed by atoms with Crippen LogP contribution in [0.15, 0.2) is 12.2 Å². The van der Waals surface area contributed by atoms with Crippen LogP contribution >= 0.6 is 0 Å². The summed E-state index contributed by atoms with van der Waals surface area (Å²) in [6.45, 7) is 5.22. The Bertz CT molecular complexity index is 626. The summed E-state index contributed by atoms with van der Waals surface area (Å²) in [7, 11) is 0. The van der Waals surface area contributed by atoms with Gasteiger partial charge in [-0.1, -0.05) is 244 Å². The van der Waals surface area contributed by atoms with E-state index in [0.29, 0.717) is 13.0 Å². The summed E-state index contributed by atoms with van der Waals surface area (Å²) < 4.78 is 5.48. The van der Waals surface area contributed by atoms with Gasteiger partial charge < -0.3 is 4.74 Å². The third-order valence-electron chi connectivity index (χ3n) is 10.7. The molecule has 0 aliphatic rings. The minimum absolute atomic E-state index is 0.0251. The maximum Gasteiger partial charge on any atom is 0.305 e. The molecule has 0 rings (SSSR count). The Balaban J connectivity index is 3.16. The van der Waals surface area contributed by atoms with Gasteiger partial charge in [0.05, 0.1) is 6.61 Å². The van der Waals surface area contributed by atoms with E-state index in [1.165, 1.54) is 244 Å². The van der Waals surface area contributed by atoms with Crippen molar-refractivity contribution in [3.05, 3.63) is 12.2 Å². The second kappa shape index (κ2) is 45.2. The molecule has 0 aliphatic carbocycles. The Morgan fingerprint density at radius 1 is 0.327 bits per heavy atom. The van der Waals surface area contributed by atoms with Crippen molar-refractivity contribution in [2.24, 2.45) is 0 Å². The first-order valence-electron chi connectivity index (χ1n) is 23.1. The van der Waals surface area contributed by atoms with Crippen molar-refractivity contribution in [1.29, 1.82) is 0 Å². The minimum Gasteiger partial charge on any atom is -0.466 e. The molecule has 0 aromatic rings. The van der Waals surface area contributed by atoms with Crippen molar-refractivity contribution in [3.63, 3.8) is 0 Å². The van der Waals surface area contributed by atoms with Gasteiger partial charge in [-0.25, -0.2) is 0 Å². The first-order valence-corrected chi connectivity index (χ1v) is 23.1. The first kappa shape index (κ1) is 48.2. The molecular formula is C47H92O2. The Morgan fingerprint density at radius 3 is 0.878 bits per heavy atom. The number of unbranched alkanes of at least 4 members (excludes halogenated alkanes) is 37. The zero-order valence-electron chi connectivity index (χ0n) is 34.2. The van der Waals surface area contributed by atoms with Crippen molar-refractivity contribution in [2.45, 2.75) is 277 Å². The summed E-state index contributed by atoms with van der Waals surface area (Å²) in [5.41, 5.74) is 0. The minimum atomic E-state index is 0.0251. The highest BCUT2D eigenvalue weighted by molar-refractivity contribution is 5.69. The van der Waals surface area contributed by atoms with Gasteiger partial charge in [0.1, 0.15) is 0 Å². The molecule has 0 amide bonds. The van der Waals surface area contributed by atoms with E-state index in [-0.39, 0.29) is 5.97 Å². The lowest BCUT2D eigenvalue weighted by Gasteiger charge is -2.06. The van der Waals surface area contributed by atoms with E-state index in [2.05, 4.69) is 26.0 Å². The van der Waals surface area contributed by atoms with Crippen LogP contribution in [0.25, 0.3) is 0 Å². The molecule has 0 fully saturated rings. The number of carbonyl (C=O) groups excluding carboxylic acids is 1. The Hall–Kier alpha value is -0.790. The Morgan fingerprint density at radius 2 is 0.571 bits per heavy atom. The van der Waals surface area contributed by atoms with Crippen LogP contribution in [0, 0.1) is 0 Å². The Kier molecular flexibility index (Phi) is 44.5. The van der Waals surface area contributed by atoms with E-state index in [4.69, 9.17) is 4.74 Å². The molecule has 0 aromatic carbocycles. The Labute approximate surface area is 310 Å². The molecule has 2 nitrogen and oxygen atoms in total. The smallest absolute Gasteiger partial charge is 0.305 e. The second-order valence-electron chi connectivity index (χ2n) is 15.7. The summed E-state index contributed by atoms with van der Waals surface area (Å²) in [4.78, 5) is 12.0. The topological polar surface area (TPSA) is 26.3 Å². The number of rotatable bonds is 43. The molecule has 0 saturated heterocycles. The zero-order chi connectivity index (χ0) is 35.4. The molecule has 49 heavy (non-hydrogen) atoms. The van der Waals surface area contributed by atoms with Gasteiger partial charge in [0.2, 0.25) is 0 Å². The van der Waals surface area contributed by atoms with Crippen LogP contribution in [0.5, 0.6) is 0 Å². The normalized spacial score (nSPS) is 11.6. The van der Waals surface area contributed by atoms with Crippen molar-refractivity contribution >= 4 is 5.97 Å². The highest BCUT2D eigenvalue weighted by Gasteiger charge is 2.03. The number of ether oxygens (including phenoxy) is 1. The SMILES string of the molecule is CCCCCCCCC=CCCCCCCCCCC(=O)OCCCCCCCCCCCCCCCCCCCCCCCCCCC. The van der Waals surface area contributed by atoms with Crippen molar-refractivity contribution in [1.82, 2.24) is 0 Å². The fourth-order valence-electron chi connectivity index (χ4n) is 7.19. The number of hydrogen-bond acceptors (Lipinski definition) is 2. The quantitative estimate of drug-likeness (QED) is 0.0362. The molecule has 0 aliphatic heterocycles.